The van der Waals surface area contributed by atoms with E-state index in [0.717, 1.165) is 58.2 Å². The molecule has 254 valence electrons. The number of carbonyl (C=O) groups is 1. The van der Waals surface area contributed by atoms with Crippen LogP contribution in [0.1, 0.15) is 74.0 Å². The molecule has 0 aliphatic heterocycles. The zero-order valence-electron chi connectivity index (χ0n) is 28.1. The average Bonchev–Trinajstić information content (AvgIpc) is 3.63. The quantitative estimate of drug-likeness (QED) is 0.153. The number of hydrogen-bond acceptors (Lipinski definition) is 7. The molecule has 48 heavy (non-hydrogen) atoms. The van der Waals surface area contributed by atoms with E-state index in [-0.39, 0.29) is 47.7 Å². The van der Waals surface area contributed by atoms with Gasteiger partial charge in [-0.1, -0.05) is 80.6 Å². The first-order valence-corrected chi connectivity index (χ1v) is 18.7. The Kier molecular flexibility index (Phi) is 7.76. The minimum absolute atomic E-state index is 0.0536. The molecule has 7 heteroatoms. The van der Waals surface area contributed by atoms with Crippen molar-refractivity contribution < 1.29 is 25.2 Å². The molecule has 0 radical (unpaired) electrons. The molecule has 1 heterocycles. The zero-order chi connectivity index (χ0) is 33.5. The van der Waals surface area contributed by atoms with Crippen LogP contribution in [0.2, 0.25) is 0 Å². The van der Waals surface area contributed by atoms with E-state index in [2.05, 4.69) is 61.2 Å². The SMILES string of the molecule is CC12CCC(O)CC13C=CC1(C(C(=O)c4cc5ccccc5s4)=C3)C2CCC2(C)C1CCC2(O)CN(Cc1ccccc1)CC(O)CO. The van der Waals surface area contributed by atoms with E-state index >= 15 is 0 Å². The number of rotatable bonds is 9. The lowest BCUT2D eigenvalue weighted by molar-refractivity contribution is -0.177. The third-order valence-corrected chi connectivity index (χ3v) is 15.1. The molecule has 6 aliphatic rings. The second kappa shape index (κ2) is 11.4. The van der Waals surface area contributed by atoms with Crippen molar-refractivity contribution >= 4 is 27.2 Å². The fraction of sp³-hybridized carbons (Fsp3) is 0.537. The van der Waals surface area contributed by atoms with Gasteiger partial charge in [0.05, 0.1) is 29.3 Å². The first-order valence-electron chi connectivity index (χ1n) is 17.9. The molecule has 3 saturated carbocycles. The maximum atomic E-state index is 15.0. The lowest BCUT2D eigenvalue weighted by Crippen LogP contribution is -2.67. The number of Topliss-reactive ketones (excluding diaryl/α,β-unsaturated/α-hetero) is 1. The number of nitrogens with zero attached hydrogens (tertiary/aromatic N) is 1. The van der Waals surface area contributed by atoms with Gasteiger partial charge in [-0.3, -0.25) is 9.69 Å². The molecule has 3 aromatic rings. The molecule has 2 spiro atoms. The number of thiophene rings is 1. The number of benzene rings is 2. The number of carbonyl (C=O) groups excluding carboxylic acids is 1. The van der Waals surface area contributed by atoms with Crippen LogP contribution in [0, 0.1) is 33.5 Å². The van der Waals surface area contributed by atoms with Crippen molar-refractivity contribution in [3.05, 3.63) is 94.9 Å². The molecule has 9 atom stereocenters. The van der Waals surface area contributed by atoms with Gasteiger partial charge >= 0.3 is 0 Å². The highest BCUT2D eigenvalue weighted by atomic mass is 32.1. The molecule has 4 N–H and O–H groups in total. The van der Waals surface area contributed by atoms with E-state index in [4.69, 9.17) is 0 Å². The number of aliphatic hydroxyl groups is 4. The molecule has 0 amide bonds. The van der Waals surface area contributed by atoms with Gasteiger partial charge in [-0.15, -0.1) is 11.3 Å². The van der Waals surface area contributed by atoms with Crippen molar-refractivity contribution in [1.29, 1.82) is 0 Å². The van der Waals surface area contributed by atoms with E-state index in [9.17, 15) is 25.2 Å². The van der Waals surface area contributed by atoms with Crippen LogP contribution in [-0.4, -0.2) is 68.6 Å². The smallest absolute Gasteiger partial charge is 0.199 e. The first kappa shape index (κ1) is 32.5. The zero-order valence-corrected chi connectivity index (χ0v) is 29.0. The van der Waals surface area contributed by atoms with Crippen molar-refractivity contribution in [2.24, 2.45) is 33.5 Å². The second-order valence-corrected chi connectivity index (χ2v) is 17.4. The van der Waals surface area contributed by atoms with E-state index in [1.54, 1.807) is 11.3 Å². The molecule has 6 nitrogen and oxygen atoms in total. The topological polar surface area (TPSA) is 101 Å². The summed E-state index contributed by atoms with van der Waals surface area (Å²) < 4.78 is 1.11. The normalized spacial score (nSPS) is 38.8. The van der Waals surface area contributed by atoms with Crippen LogP contribution in [-0.2, 0) is 6.54 Å². The lowest BCUT2D eigenvalue weighted by atomic mass is 9.32. The highest BCUT2D eigenvalue weighted by Gasteiger charge is 2.74. The molecule has 0 saturated heterocycles. The van der Waals surface area contributed by atoms with Crippen molar-refractivity contribution in [3.63, 3.8) is 0 Å². The van der Waals surface area contributed by atoms with Crippen LogP contribution in [0.5, 0.6) is 0 Å². The van der Waals surface area contributed by atoms with Crippen molar-refractivity contribution in [2.75, 3.05) is 19.7 Å². The minimum Gasteiger partial charge on any atom is -0.394 e. The molecule has 9 unspecified atom stereocenters. The van der Waals surface area contributed by atoms with Crippen molar-refractivity contribution in [3.8, 4) is 0 Å². The fourth-order valence-corrected chi connectivity index (χ4v) is 12.6. The lowest BCUT2D eigenvalue weighted by Gasteiger charge is -2.71. The molecular formula is C41H49NO5S. The van der Waals surface area contributed by atoms with E-state index in [1.807, 2.05) is 36.4 Å². The van der Waals surface area contributed by atoms with Crippen LogP contribution in [0.15, 0.2) is 84.5 Å². The predicted octanol–water partition coefficient (Wildman–Crippen LogP) is 6.53. The molecule has 6 aliphatic carbocycles. The maximum absolute atomic E-state index is 15.0. The van der Waals surface area contributed by atoms with Crippen LogP contribution in [0.3, 0.4) is 0 Å². The van der Waals surface area contributed by atoms with Crippen LogP contribution < -0.4 is 0 Å². The van der Waals surface area contributed by atoms with Gasteiger partial charge in [0.15, 0.2) is 5.78 Å². The summed E-state index contributed by atoms with van der Waals surface area (Å²) in [6.45, 7) is 5.56. The molecule has 2 bridgehead atoms. The summed E-state index contributed by atoms with van der Waals surface area (Å²) in [6, 6.07) is 20.4. The Morgan fingerprint density at radius 1 is 0.958 bits per heavy atom. The van der Waals surface area contributed by atoms with Gasteiger partial charge in [0.1, 0.15) is 0 Å². The monoisotopic (exact) mass is 667 g/mol. The molecule has 2 aromatic carbocycles. The summed E-state index contributed by atoms with van der Waals surface area (Å²) >= 11 is 1.57. The Hall–Kier alpha value is -2.65. The summed E-state index contributed by atoms with van der Waals surface area (Å²) in [7, 11) is 0. The van der Waals surface area contributed by atoms with E-state index in [0.29, 0.717) is 25.9 Å². The van der Waals surface area contributed by atoms with Gasteiger partial charge in [-0.25, -0.2) is 0 Å². The standard InChI is InChI=1S/C41H49NO5S/c1-37-15-12-29(44)21-39(37)18-19-41(31(22-39)36(46)33-20-28-10-6-7-11-32(28)48-33)34(37)13-16-38(2)35(41)14-17-40(38,47)26-42(24-30(45)25-43)23-27-8-4-3-5-9-27/h3-11,18-20,22,29-30,34-35,43-45,47H,12-17,21,23-26H2,1-2H3. The summed E-state index contributed by atoms with van der Waals surface area (Å²) in [5.41, 5.74) is -0.515. The van der Waals surface area contributed by atoms with Gasteiger partial charge in [0.2, 0.25) is 0 Å². The summed E-state index contributed by atoms with van der Waals surface area (Å²) in [6.07, 6.45) is 11.3. The highest BCUT2D eigenvalue weighted by Crippen LogP contribution is 2.78. The predicted molar refractivity (Wildman–Crippen MR) is 190 cm³/mol. The van der Waals surface area contributed by atoms with Gasteiger partial charge in [0.25, 0.3) is 0 Å². The number of allylic oxidation sites excluding steroid dienone is 4. The van der Waals surface area contributed by atoms with Gasteiger partial charge in [-0.2, -0.15) is 0 Å². The summed E-state index contributed by atoms with van der Waals surface area (Å²) in [5.74, 6) is 0.388. The first-order chi connectivity index (χ1) is 23.0. The minimum atomic E-state index is -1.05. The molecule has 1 aromatic heterocycles. The Morgan fingerprint density at radius 3 is 2.44 bits per heavy atom. The van der Waals surface area contributed by atoms with Gasteiger partial charge in [-0.05, 0) is 85.3 Å². The summed E-state index contributed by atoms with van der Waals surface area (Å²) in [5, 5.41) is 45.4. The average molecular weight is 668 g/mol. The van der Waals surface area contributed by atoms with Crippen LogP contribution >= 0.6 is 11.3 Å². The number of hydrogen-bond donors (Lipinski definition) is 4. The molecule has 3 fully saturated rings. The van der Waals surface area contributed by atoms with Gasteiger partial charge in [0, 0.05) is 46.2 Å². The Labute approximate surface area is 287 Å². The van der Waals surface area contributed by atoms with Crippen LogP contribution in [0.4, 0.5) is 0 Å². The fourth-order valence-electron chi connectivity index (χ4n) is 11.6. The Balaban J connectivity index is 1.21. The van der Waals surface area contributed by atoms with E-state index < -0.39 is 22.5 Å². The largest absolute Gasteiger partial charge is 0.394 e. The number of aliphatic hydroxyl groups excluding tert-OH is 3. The second-order valence-electron chi connectivity index (χ2n) is 16.3. The Bertz CT molecular complexity index is 1750. The third-order valence-electron chi connectivity index (χ3n) is 14.0. The van der Waals surface area contributed by atoms with E-state index in [1.165, 1.54) is 0 Å². The van der Waals surface area contributed by atoms with Crippen LogP contribution in [0.25, 0.3) is 10.1 Å². The Morgan fingerprint density at radius 2 is 1.67 bits per heavy atom. The van der Waals surface area contributed by atoms with Crippen molar-refractivity contribution in [1.82, 2.24) is 4.90 Å². The highest BCUT2D eigenvalue weighted by molar-refractivity contribution is 7.21. The van der Waals surface area contributed by atoms with Gasteiger partial charge < -0.3 is 20.4 Å². The van der Waals surface area contributed by atoms with Crippen molar-refractivity contribution in [2.45, 2.75) is 83.1 Å². The molecule has 9 rings (SSSR count). The maximum Gasteiger partial charge on any atom is 0.199 e. The molecular weight excluding hydrogens is 619 g/mol. The third kappa shape index (κ3) is 4.58. The summed E-state index contributed by atoms with van der Waals surface area (Å²) in [4.78, 5) is 17.9. The number of ketones is 1. The number of fused-ring (bicyclic) bond motifs is 2.